The van der Waals surface area contributed by atoms with Gasteiger partial charge in [0.2, 0.25) is 0 Å². The number of esters is 1. The van der Waals surface area contributed by atoms with Gasteiger partial charge in [0, 0.05) is 5.75 Å². The van der Waals surface area contributed by atoms with Gasteiger partial charge in [-0.2, -0.15) is 0 Å². The highest BCUT2D eigenvalue weighted by molar-refractivity contribution is 7.95. The molecule has 2 aromatic rings. The quantitative estimate of drug-likeness (QED) is 0.251. The van der Waals surface area contributed by atoms with E-state index >= 15 is 0 Å². The second-order valence-corrected chi connectivity index (χ2v) is 8.63. The van der Waals surface area contributed by atoms with Gasteiger partial charge in [-0.05, 0) is 61.4 Å². The van der Waals surface area contributed by atoms with Crippen LogP contribution in [0.4, 0.5) is 0 Å². The van der Waals surface area contributed by atoms with E-state index in [0.29, 0.717) is 11.3 Å². The van der Waals surface area contributed by atoms with Crippen LogP contribution in [-0.4, -0.2) is 20.8 Å². The number of rotatable bonds is 7. The van der Waals surface area contributed by atoms with Gasteiger partial charge in [0.1, 0.15) is 5.75 Å². The number of ether oxygens (including phenoxy) is 1. The maximum atomic E-state index is 12.0. The number of hydrogen-bond acceptors (Lipinski definition) is 4. The molecule has 0 saturated heterocycles. The van der Waals surface area contributed by atoms with Crippen LogP contribution >= 0.6 is 12.0 Å². The van der Waals surface area contributed by atoms with E-state index in [1.807, 2.05) is 42.5 Å². The van der Waals surface area contributed by atoms with E-state index in [4.69, 9.17) is 8.61 Å². The summed E-state index contributed by atoms with van der Waals surface area (Å²) in [6.07, 6.45) is 0.930. The van der Waals surface area contributed by atoms with E-state index in [0.717, 1.165) is 12.2 Å². The molecule has 0 atom stereocenters. The summed E-state index contributed by atoms with van der Waals surface area (Å²) in [5, 5.41) is 0. The molecule has 0 fully saturated rings. The molecule has 5 heteroatoms. The van der Waals surface area contributed by atoms with Gasteiger partial charge in [-0.3, -0.25) is 0 Å². The fraction of sp³-hybridized carbons (Fsp3) is 0.235. The van der Waals surface area contributed by atoms with Crippen molar-refractivity contribution in [2.24, 2.45) is 0 Å². The average Bonchev–Trinajstić information content (AvgIpc) is 2.53. The molecule has 0 aromatic heterocycles. The zero-order valence-electron chi connectivity index (χ0n) is 12.8. The van der Waals surface area contributed by atoms with Crippen LogP contribution in [0, 0.1) is 0 Å². The molecule has 0 heterocycles. The lowest BCUT2D eigenvalue weighted by atomic mass is 10.1. The Kier molecular flexibility index (Phi) is 6.70. The van der Waals surface area contributed by atoms with E-state index in [-0.39, 0.29) is 5.97 Å². The average molecular weight is 332 g/mol. The SMILES string of the molecule is C[SiH](C)OSCCc1ccc(C(=O)Oc2ccccc2)cc1. The summed E-state index contributed by atoms with van der Waals surface area (Å²) in [5.41, 5.74) is 1.75. The summed E-state index contributed by atoms with van der Waals surface area (Å²) >= 11 is 1.54. The van der Waals surface area contributed by atoms with Crippen LogP contribution in [0.2, 0.25) is 13.1 Å². The van der Waals surface area contributed by atoms with Crippen LogP contribution in [0.1, 0.15) is 15.9 Å². The van der Waals surface area contributed by atoms with Crippen molar-refractivity contribution in [2.45, 2.75) is 19.5 Å². The Balaban J connectivity index is 1.84. The highest BCUT2D eigenvalue weighted by atomic mass is 32.2. The second kappa shape index (κ2) is 8.78. The van der Waals surface area contributed by atoms with Crippen LogP contribution in [-0.2, 0) is 10.3 Å². The highest BCUT2D eigenvalue weighted by Gasteiger charge is 2.08. The molecule has 0 unspecified atom stereocenters. The van der Waals surface area contributed by atoms with E-state index in [1.165, 1.54) is 17.6 Å². The van der Waals surface area contributed by atoms with Crippen molar-refractivity contribution in [3.05, 3.63) is 65.7 Å². The lowest BCUT2D eigenvalue weighted by molar-refractivity contribution is 0.0735. The number of carbonyl (C=O) groups is 1. The van der Waals surface area contributed by atoms with Crippen molar-refractivity contribution in [1.82, 2.24) is 0 Å². The zero-order chi connectivity index (χ0) is 15.8. The third kappa shape index (κ3) is 5.67. The first-order chi connectivity index (χ1) is 10.6. The first-order valence-electron chi connectivity index (χ1n) is 7.29. The molecule has 0 radical (unpaired) electrons. The Labute approximate surface area is 137 Å². The lowest BCUT2D eigenvalue weighted by Gasteiger charge is -2.06. The van der Waals surface area contributed by atoms with Crippen LogP contribution in [0.15, 0.2) is 54.6 Å². The number of carbonyl (C=O) groups excluding carboxylic acids is 1. The van der Waals surface area contributed by atoms with Crippen molar-refractivity contribution in [3.63, 3.8) is 0 Å². The molecule has 0 N–H and O–H groups in total. The number of hydrogen-bond donors (Lipinski definition) is 0. The molecule has 0 aliphatic rings. The molecular formula is C17H20O3SSi. The Hall–Kier alpha value is -1.56. The van der Waals surface area contributed by atoms with Gasteiger partial charge in [0.25, 0.3) is 0 Å². The summed E-state index contributed by atoms with van der Waals surface area (Å²) in [7, 11) is -0.950. The predicted molar refractivity (Wildman–Crippen MR) is 94.0 cm³/mol. The number of benzene rings is 2. The van der Waals surface area contributed by atoms with Gasteiger partial charge in [-0.25, -0.2) is 4.79 Å². The summed E-state index contributed by atoms with van der Waals surface area (Å²) in [4.78, 5) is 12.0. The number of aryl methyl sites for hydroxylation is 1. The van der Waals surface area contributed by atoms with Crippen molar-refractivity contribution in [3.8, 4) is 5.75 Å². The topological polar surface area (TPSA) is 35.5 Å². The van der Waals surface area contributed by atoms with E-state index in [2.05, 4.69) is 13.1 Å². The van der Waals surface area contributed by atoms with Crippen molar-refractivity contribution < 1.29 is 13.4 Å². The minimum Gasteiger partial charge on any atom is -0.423 e. The number of para-hydroxylation sites is 1. The van der Waals surface area contributed by atoms with Crippen LogP contribution in [0.5, 0.6) is 5.75 Å². The molecule has 0 amide bonds. The Morgan fingerprint density at radius 2 is 1.73 bits per heavy atom. The molecule has 2 rings (SSSR count). The summed E-state index contributed by atoms with van der Waals surface area (Å²) in [6.45, 7) is 4.31. The van der Waals surface area contributed by atoms with Gasteiger partial charge in [0.05, 0.1) is 5.56 Å². The van der Waals surface area contributed by atoms with Crippen molar-refractivity contribution >= 4 is 27.1 Å². The van der Waals surface area contributed by atoms with E-state index in [1.54, 1.807) is 12.1 Å². The molecule has 116 valence electrons. The van der Waals surface area contributed by atoms with Crippen LogP contribution in [0.3, 0.4) is 0 Å². The van der Waals surface area contributed by atoms with Gasteiger partial charge < -0.3 is 8.61 Å². The van der Waals surface area contributed by atoms with Crippen LogP contribution in [0.25, 0.3) is 0 Å². The fourth-order valence-electron chi connectivity index (χ4n) is 1.81. The zero-order valence-corrected chi connectivity index (χ0v) is 14.8. The monoisotopic (exact) mass is 332 g/mol. The fourth-order valence-corrected chi connectivity index (χ4v) is 3.60. The molecule has 0 spiro atoms. The Morgan fingerprint density at radius 1 is 1.05 bits per heavy atom. The first-order valence-corrected chi connectivity index (χ1v) is 11.0. The highest BCUT2D eigenvalue weighted by Crippen LogP contribution is 2.14. The minimum absolute atomic E-state index is 0.332. The predicted octanol–water partition coefficient (Wildman–Crippen LogP) is 4.10. The molecule has 0 bridgehead atoms. The normalized spacial score (nSPS) is 10.7. The smallest absolute Gasteiger partial charge is 0.343 e. The third-order valence-corrected chi connectivity index (χ3v) is 5.33. The molecule has 22 heavy (non-hydrogen) atoms. The van der Waals surface area contributed by atoms with Gasteiger partial charge in [-0.1, -0.05) is 30.3 Å². The van der Waals surface area contributed by atoms with Gasteiger partial charge >= 0.3 is 5.97 Å². The standard InChI is InChI=1S/C17H20O3SSi/c1-22(2)20-21-13-12-14-8-10-15(11-9-14)17(18)19-16-6-4-3-5-7-16/h3-11,22H,12-13H2,1-2H3. The Bertz CT molecular complexity index is 585. The largest absolute Gasteiger partial charge is 0.423 e. The van der Waals surface area contributed by atoms with E-state index < -0.39 is 9.04 Å². The molecule has 3 nitrogen and oxygen atoms in total. The molecular weight excluding hydrogens is 312 g/mol. The van der Waals surface area contributed by atoms with Crippen LogP contribution < -0.4 is 4.74 Å². The van der Waals surface area contributed by atoms with Gasteiger partial charge in [0.15, 0.2) is 9.04 Å². The second-order valence-electron chi connectivity index (χ2n) is 5.12. The maximum Gasteiger partial charge on any atom is 0.343 e. The molecule has 0 saturated carbocycles. The molecule has 0 aliphatic heterocycles. The molecule has 0 aliphatic carbocycles. The first kappa shape index (κ1) is 16.8. The lowest BCUT2D eigenvalue weighted by Crippen LogP contribution is -2.08. The Morgan fingerprint density at radius 3 is 2.36 bits per heavy atom. The summed E-state index contributed by atoms with van der Waals surface area (Å²) in [5.74, 6) is 1.16. The molecule has 2 aromatic carbocycles. The minimum atomic E-state index is -0.950. The maximum absolute atomic E-state index is 12.0. The van der Waals surface area contributed by atoms with Gasteiger partial charge in [-0.15, -0.1) is 0 Å². The third-order valence-electron chi connectivity index (χ3n) is 2.88. The van der Waals surface area contributed by atoms with Crippen molar-refractivity contribution in [1.29, 1.82) is 0 Å². The summed E-state index contributed by atoms with van der Waals surface area (Å²) < 4.78 is 10.9. The summed E-state index contributed by atoms with van der Waals surface area (Å²) in [6, 6.07) is 16.6. The van der Waals surface area contributed by atoms with Crippen molar-refractivity contribution in [2.75, 3.05) is 5.75 Å². The van der Waals surface area contributed by atoms with E-state index in [9.17, 15) is 4.79 Å².